The van der Waals surface area contributed by atoms with E-state index in [-0.39, 0.29) is 5.69 Å². The molecule has 0 atom stereocenters. The molecule has 20 heavy (non-hydrogen) atoms. The lowest BCUT2D eigenvalue weighted by atomic mass is 10.2. The molecule has 0 spiro atoms. The molecule has 0 unspecified atom stereocenters. The van der Waals surface area contributed by atoms with Crippen molar-refractivity contribution in [2.45, 2.75) is 6.92 Å². The van der Waals surface area contributed by atoms with E-state index in [1.54, 1.807) is 12.1 Å². The van der Waals surface area contributed by atoms with E-state index in [9.17, 15) is 9.59 Å². The van der Waals surface area contributed by atoms with Crippen LogP contribution in [0.25, 0.3) is 0 Å². The SMILES string of the molecule is Cc1cc(Br)c(NC(=O)c2cc(C(=O)O)on2)cc1Cl. The van der Waals surface area contributed by atoms with E-state index in [0.29, 0.717) is 15.2 Å². The largest absolute Gasteiger partial charge is 0.475 e. The summed E-state index contributed by atoms with van der Waals surface area (Å²) < 4.78 is 5.16. The number of nitrogens with one attached hydrogen (secondary N) is 1. The molecule has 0 aliphatic heterocycles. The van der Waals surface area contributed by atoms with Crippen LogP contribution in [-0.4, -0.2) is 22.1 Å². The van der Waals surface area contributed by atoms with Crippen molar-refractivity contribution in [2.24, 2.45) is 0 Å². The highest BCUT2D eigenvalue weighted by Gasteiger charge is 2.17. The van der Waals surface area contributed by atoms with Crippen molar-refractivity contribution in [1.29, 1.82) is 0 Å². The highest BCUT2D eigenvalue weighted by molar-refractivity contribution is 9.10. The van der Waals surface area contributed by atoms with Crippen LogP contribution in [0.2, 0.25) is 5.02 Å². The van der Waals surface area contributed by atoms with Gasteiger partial charge in [-0.15, -0.1) is 0 Å². The summed E-state index contributed by atoms with van der Waals surface area (Å²) in [6, 6.07) is 4.38. The Morgan fingerprint density at radius 1 is 1.40 bits per heavy atom. The van der Waals surface area contributed by atoms with Gasteiger partial charge in [-0.3, -0.25) is 4.79 Å². The fourth-order valence-corrected chi connectivity index (χ4v) is 2.13. The number of amides is 1. The van der Waals surface area contributed by atoms with Crippen LogP contribution >= 0.6 is 27.5 Å². The van der Waals surface area contributed by atoms with Gasteiger partial charge in [0.1, 0.15) is 0 Å². The van der Waals surface area contributed by atoms with E-state index in [2.05, 4.69) is 30.9 Å². The zero-order valence-corrected chi connectivity index (χ0v) is 12.4. The number of carboxylic acids is 1. The van der Waals surface area contributed by atoms with Crippen molar-refractivity contribution in [1.82, 2.24) is 5.16 Å². The smallest absolute Gasteiger partial charge is 0.374 e. The molecule has 2 rings (SSSR count). The number of aryl methyl sites for hydroxylation is 1. The van der Waals surface area contributed by atoms with Gasteiger partial charge in [-0.1, -0.05) is 16.8 Å². The Bertz CT molecular complexity index is 699. The number of hydrogen-bond acceptors (Lipinski definition) is 4. The lowest BCUT2D eigenvalue weighted by Gasteiger charge is -2.08. The van der Waals surface area contributed by atoms with E-state index in [1.807, 2.05) is 6.92 Å². The summed E-state index contributed by atoms with van der Waals surface area (Å²) in [6.07, 6.45) is 0. The molecule has 0 saturated heterocycles. The van der Waals surface area contributed by atoms with E-state index in [1.165, 1.54) is 0 Å². The van der Waals surface area contributed by atoms with Gasteiger partial charge in [0, 0.05) is 15.6 Å². The van der Waals surface area contributed by atoms with Crippen LogP contribution in [0.5, 0.6) is 0 Å². The molecule has 0 saturated carbocycles. The minimum absolute atomic E-state index is 0.133. The first-order chi connectivity index (χ1) is 9.38. The monoisotopic (exact) mass is 358 g/mol. The average Bonchev–Trinajstić information content (AvgIpc) is 2.85. The summed E-state index contributed by atoms with van der Waals surface area (Å²) >= 11 is 9.28. The minimum Gasteiger partial charge on any atom is -0.475 e. The van der Waals surface area contributed by atoms with Crippen molar-refractivity contribution >= 4 is 45.1 Å². The molecule has 0 aliphatic carbocycles. The molecule has 1 aromatic carbocycles. The lowest BCUT2D eigenvalue weighted by Crippen LogP contribution is -2.12. The summed E-state index contributed by atoms with van der Waals surface area (Å²) in [6.45, 7) is 1.83. The fourth-order valence-electron chi connectivity index (χ4n) is 1.41. The Kier molecular flexibility index (Phi) is 4.10. The molecule has 1 amide bonds. The Morgan fingerprint density at radius 3 is 2.70 bits per heavy atom. The Morgan fingerprint density at radius 2 is 2.10 bits per heavy atom. The standard InChI is InChI=1S/C12H8BrClN2O4/c1-5-2-6(13)8(3-7(5)14)15-11(17)9-4-10(12(18)19)20-16-9/h2-4H,1H3,(H,15,17)(H,18,19). The quantitative estimate of drug-likeness (QED) is 0.876. The van der Waals surface area contributed by atoms with E-state index in [4.69, 9.17) is 16.7 Å². The zero-order chi connectivity index (χ0) is 14.9. The highest BCUT2D eigenvalue weighted by atomic mass is 79.9. The summed E-state index contributed by atoms with van der Waals surface area (Å²) in [7, 11) is 0. The van der Waals surface area contributed by atoms with Crippen molar-refractivity contribution in [3.05, 3.63) is 44.7 Å². The van der Waals surface area contributed by atoms with Crippen molar-refractivity contribution in [3.63, 3.8) is 0 Å². The molecule has 1 aromatic heterocycles. The second kappa shape index (κ2) is 5.64. The molecular formula is C12H8BrClN2O4. The van der Waals surface area contributed by atoms with Gasteiger partial charge in [0.15, 0.2) is 5.69 Å². The first-order valence-electron chi connectivity index (χ1n) is 5.35. The molecule has 6 nitrogen and oxygen atoms in total. The number of carboxylic acid groups (broad SMARTS) is 1. The van der Waals surface area contributed by atoms with Crippen LogP contribution in [0.15, 0.2) is 27.2 Å². The van der Waals surface area contributed by atoms with E-state index < -0.39 is 17.6 Å². The molecule has 2 N–H and O–H groups in total. The van der Waals surface area contributed by atoms with Gasteiger partial charge in [-0.2, -0.15) is 0 Å². The summed E-state index contributed by atoms with van der Waals surface area (Å²) in [5, 5.41) is 15.1. The number of benzene rings is 1. The maximum Gasteiger partial charge on any atom is 0.374 e. The molecule has 0 bridgehead atoms. The molecule has 2 aromatic rings. The van der Waals surface area contributed by atoms with Gasteiger partial charge in [0.2, 0.25) is 5.76 Å². The topological polar surface area (TPSA) is 92.4 Å². The predicted octanol–water partition coefficient (Wildman–Crippen LogP) is 3.35. The summed E-state index contributed by atoms with van der Waals surface area (Å²) in [5.41, 5.74) is 1.17. The minimum atomic E-state index is -1.30. The average molecular weight is 360 g/mol. The van der Waals surface area contributed by atoms with Crippen molar-refractivity contribution in [3.8, 4) is 0 Å². The van der Waals surface area contributed by atoms with Gasteiger partial charge in [-0.25, -0.2) is 4.79 Å². The number of nitrogens with zero attached hydrogens (tertiary/aromatic N) is 1. The predicted molar refractivity (Wildman–Crippen MR) is 75.3 cm³/mol. The first kappa shape index (κ1) is 14.5. The summed E-state index contributed by atoms with van der Waals surface area (Å²) in [5.74, 6) is -2.30. The number of rotatable bonds is 3. The number of halogens is 2. The summed E-state index contributed by atoms with van der Waals surface area (Å²) in [4.78, 5) is 22.5. The third-order valence-corrected chi connectivity index (χ3v) is 3.51. The second-order valence-electron chi connectivity index (χ2n) is 3.92. The van der Waals surface area contributed by atoms with Gasteiger partial charge < -0.3 is 14.9 Å². The molecule has 8 heteroatoms. The molecule has 0 aliphatic rings. The third-order valence-electron chi connectivity index (χ3n) is 2.45. The van der Waals surface area contributed by atoms with Crippen LogP contribution < -0.4 is 5.32 Å². The van der Waals surface area contributed by atoms with Gasteiger partial charge >= 0.3 is 5.97 Å². The first-order valence-corrected chi connectivity index (χ1v) is 6.52. The molecule has 1 heterocycles. The Hall–Kier alpha value is -1.86. The maximum atomic E-state index is 11.9. The second-order valence-corrected chi connectivity index (χ2v) is 5.18. The number of hydrogen-bond donors (Lipinski definition) is 2. The van der Waals surface area contributed by atoms with Crippen molar-refractivity contribution < 1.29 is 19.2 Å². The van der Waals surface area contributed by atoms with Gasteiger partial charge in [-0.05, 0) is 40.5 Å². The normalized spacial score (nSPS) is 10.3. The Labute approximate surface area is 126 Å². The van der Waals surface area contributed by atoms with Crippen molar-refractivity contribution in [2.75, 3.05) is 5.32 Å². The molecule has 104 valence electrons. The highest BCUT2D eigenvalue weighted by Crippen LogP contribution is 2.29. The number of anilines is 1. The maximum absolute atomic E-state index is 11.9. The number of aromatic nitrogens is 1. The number of carbonyl (C=O) groups excluding carboxylic acids is 1. The van der Waals surface area contributed by atoms with Crippen LogP contribution in [0, 0.1) is 6.92 Å². The van der Waals surface area contributed by atoms with E-state index in [0.717, 1.165) is 11.6 Å². The number of aromatic carboxylic acids is 1. The molecule has 0 fully saturated rings. The zero-order valence-electron chi connectivity index (χ0n) is 10.1. The van der Waals surface area contributed by atoms with Gasteiger partial charge in [0.25, 0.3) is 5.91 Å². The Balaban J connectivity index is 2.23. The fraction of sp³-hybridized carbons (Fsp3) is 0.0833. The van der Waals surface area contributed by atoms with Crippen LogP contribution in [0.4, 0.5) is 5.69 Å². The third kappa shape index (κ3) is 3.00. The van der Waals surface area contributed by atoms with Gasteiger partial charge in [0.05, 0.1) is 5.69 Å². The molecule has 0 radical (unpaired) electrons. The molecular weight excluding hydrogens is 351 g/mol. The van der Waals surface area contributed by atoms with Crippen LogP contribution in [0.1, 0.15) is 26.6 Å². The van der Waals surface area contributed by atoms with E-state index >= 15 is 0 Å². The van der Waals surface area contributed by atoms with Crippen LogP contribution in [-0.2, 0) is 0 Å². The lowest BCUT2D eigenvalue weighted by molar-refractivity contribution is 0.0651. The van der Waals surface area contributed by atoms with Crippen LogP contribution in [0.3, 0.4) is 0 Å². The number of carbonyl (C=O) groups is 2.